The lowest BCUT2D eigenvalue weighted by Gasteiger charge is -2.19. The van der Waals surface area contributed by atoms with Crippen LogP contribution >= 0.6 is 11.6 Å². The van der Waals surface area contributed by atoms with E-state index in [1.807, 2.05) is 20.8 Å². The van der Waals surface area contributed by atoms with E-state index in [4.69, 9.17) is 35.3 Å². The average Bonchev–Trinajstić information content (AvgIpc) is 3.04. The molecule has 2 N–H and O–H groups in total. The summed E-state index contributed by atoms with van der Waals surface area (Å²) in [6.45, 7) is 5.56. The van der Waals surface area contributed by atoms with Crippen molar-refractivity contribution in [2.24, 2.45) is 0 Å². The van der Waals surface area contributed by atoms with E-state index in [0.29, 0.717) is 5.75 Å². The van der Waals surface area contributed by atoms with Crippen molar-refractivity contribution >= 4 is 45.2 Å². The Balaban J connectivity index is 1.55. The highest BCUT2D eigenvalue weighted by Gasteiger charge is 2.24. The Morgan fingerprint density at radius 2 is 1.66 bits per heavy atom. The molecule has 4 rings (SSSR count). The van der Waals surface area contributed by atoms with Gasteiger partial charge < -0.3 is 23.7 Å². The number of ether oxygens (including phenoxy) is 5. The molecule has 1 amide bonds. The topological polar surface area (TPSA) is 164 Å². The fourth-order valence-electron chi connectivity index (χ4n) is 4.04. The Morgan fingerprint density at radius 3 is 2.34 bits per heavy atom. The molecular formula is C32H33ClN4O9S. The summed E-state index contributed by atoms with van der Waals surface area (Å²) in [6, 6.07) is 17.3. The molecule has 15 heteroatoms. The Kier molecular flexibility index (Phi) is 11.1. The molecule has 13 nitrogen and oxygen atoms in total. The summed E-state index contributed by atoms with van der Waals surface area (Å²) in [7, 11) is -1.47. The summed E-state index contributed by atoms with van der Waals surface area (Å²) in [5.41, 5.74) is 1.11. The second-order valence-electron chi connectivity index (χ2n) is 10.8. The first-order valence-electron chi connectivity index (χ1n) is 14.1. The molecular weight excluding hydrogens is 652 g/mol. The van der Waals surface area contributed by atoms with Crippen LogP contribution in [0.25, 0.3) is 0 Å². The average molecular weight is 685 g/mol. The Hall–Kier alpha value is -5.08. The number of benzene rings is 3. The van der Waals surface area contributed by atoms with Gasteiger partial charge in [0.2, 0.25) is 5.75 Å². The maximum atomic E-state index is 13.4. The van der Waals surface area contributed by atoms with Crippen molar-refractivity contribution < 1.29 is 41.7 Å². The molecule has 0 aliphatic heterocycles. The van der Waals surface area contributed by atoms with Gasteiger partial charge in [-0.15, -0.1) is 0 Å². The number of nitrogens with zero attached hydrogens (tertiary/aromatic N) is 2. The number of carbonyl (C=O) groups is 2. The molecule has 4 aromatic rings. The van der Waals surface area contributed by atoms with E-state index in [1.165, 1.54) is 50.6 Å². The SMILES string of the molecule is COC(=O)c1ccccc1NC(=O)OCCOc1ncnc(NS(=O)(=O)c2ccc(C(C)(C)C)cc2)c1Oc1cc(OC)ccc1Cl. The number of carbonyl (C=O) groups excluding carboxylic acids is 2. The minimum atomic E-state index is -4.15. The Labute approximate surface area is 277 Å². The summed E-state index contributed by atoms with van der Waals surface area (Å²) in [5.74, 6) is -0.760. The summed E-state index contributed by atoms with van der Waals surface area (Å²) in [4.78, 5) is 32.6. The summed E-state index contributed by atoms with van der Waals surface area (Å²) in [6.07, 6.45) is 0.214. The van der Waals surface area contributed by atoms with Crippen molar-refractivity contribution in [3.8, 4) is 23.1 Å². The number of aromatic nitrogens is 2. The van der Waals surface area contributed by atoms with E-state index in [0.717, 1.165) is 11.9 Å². The maximum absolute atomic E-state index is 13.4. The predicted octanol–water partition coefficient (Wildman–Crippen LogP) is 6.44. The molecule has 0 aliphatic rings. The number of para-hydroxylation sites is 1. The minimum Gasteiger partial charge on any atom is -0.497 e. The molecule has 1 aromatic heterocycles. The standard InChI is InChI=1S/C32H33ClN4O9S/c1-32(2,3)20-10-13-22(14-11-20)47(40,41)37-28-27(46-26-18-21(42-4)12-15-24(26)33)29(35-19-34-28)44-16-17-45-31(39)36-25-9-7-6-8-23(25)30(38)43-5/h6-15,18-19H,16-17H2,1-5H3,(H,36,39)(H,34,35,37). The number of anilines is 2. The van der Waals surface area contributed by atoms with E-state index in [2.05, 4.69) is 20.0 Å². The van der Waals surface area contributed by atoms with Crippen LogP contribution in [0.4, 0.5) is 16.3 Å². The van der Waals surface area contributed by atoms with E-state index in [-0.39, 0.29) is 63.0 Å². The second kappa shape index (κ2) is 15.0. The van der Waals surface area contributed by atoms with Gasteiger partial charge in [0.15, 0.2) is 5.82 Å². The third kappa shape index (κ3) is 9.01. The molecule has 0 radical (unpaired) electrons. The highest BCUT2D eigenvalue weighted by Crippen LogP contribution is 2.40. The normalized spacial score (nSPS) is 11.3. The van der Waals surface area contributed by atoms with Gasteiger partial charge in [0.25, 0.3) is 15.9 Å². The monoisotopic (exact) mass is 684 g/mol. The zero-order valence-electron chi connectivity index (χ0n) is 26.2. The first-order valence-corrected chi connectivity index (χ1v) is 15.9. The number of methoxy groups -OCH3 is 2. The second-order valence-corrected chi connectivity index (χ2v) is 12.9. The molecule has 0 bridgehead atoms. The van der Waals surface area contributed by atoms with E-state index in [1.54, 1.807) is 30.3 Å². The first kappa shape index (κ1) is 34.8. The van der Waals surface area contributed by atoms with Gasteiger partial charge in [-0.2, -0.15) is 4.98 Å². The van der Waals surface area contributed by atoms with Crippen molar-refractivity contribution in [3.63, 3.8) is 0 Å². The van der Waals surface area contributed by atoms with Crippen molar-refractivity contribution in [3.05, 3.63) is 89.2 Å². The molecule has 0 aliphatic carbocycles. The van der Waals surface area contributed by atoms with Gasteiger partial charge in [-0.3, -0.25) is 10.0 Å². The van der Waals surface area contributed by atoms with Gasteiger partial charge in [0.1, 0.15) is 31.0 Å². The third-order valence-corrected chi connectivity index (χ3v) is 8.17. The molecule has 3 aromatic carbocycles. The highest BCUT2D eigenvalue weighted by molar-refractivity contribution is 7.92. The lowest BCUT2D eigenvalue weighted by Crippen LogP contribution is -2.20. The maximum Gasteiger partial charge on any atom is 0.411 e. The molecule has 248 valence electrons. The predicted molar refractivity (Wildman–Crippen MR) is 174 cm³/mol. The lowest BCUT2D eigenvalue weighted by molar-refractivity contribution is 0.0602. The molecule has 0 spiro atoms. The number of nitrogens with one attached hydrogen (secondary N) is 2. The zero-order chi connectivity index (χ0) is 34.2. The summed E-state index contributed by atoms with van der Waals surface area (Å²) in [5, 5.41) is 2.66. The summed E-state index contributed by atoms with van der Waals surface area (Å²) >= 11 is 6.36. The number of halogens is 1. The first-order chi connectivity index (χ1) is 22.3. The Morgan fingerprint density at radius 1 is 0.936 bits per heavy atom. The minimum absolute atomic E-state index is 0.00914. The van der Waals surface area contributed by atoms with Gasteiger partial charge in [0.05, 0.1) is 35.4 Å². The van der Waals surface area contributed by atoms with Crippen LogP contribution in [0, 0.1) is 0 Å². The Bertz CT molecular complexity index is 1850. The van der Waals surface area contributed by atoms with Gasteiger partial charge in [-0.1, -0.05) is 56.6 Å². The van der Waals surface area contributed by atoms with Crippen LogP contribution in [-0.4, -0.2) is 57.9 Å². The fourth-order valence-corrected chi connectivity index (χ4v) is 5.21. The molecule has 0 fully saturated rings. The molecule has 47 heavy (non-hydrogen) atoms. The highest BCUT2D eigenvalue weighted by atomic mass is 35.5. The van der Waals surface area contributed by atoms with E-state index < -0.39 is 22.1 Å². The van der Waals surface area contributed by atoms with Gasteiger partial charge in [-0.05, 0) is 47.4 Å². The number of esters is 1. The molecule has 0 atom stereocenters. The van der Waals surface area contributed by atoms with Gasteiger partial charge in [0, 0.05) is 6.07 Å². The number of hydrogen-bond donors (Lipinski definition) is 2. The molecule has 0 unspecified atom stereocenters. The largest absolute Gasteiger partial charge is 0.497 e. The fraction of sp³-hybridized carbons (Fsp3) is 0.250. The van der Waals surface area contributed by atoms with E-state index >= 15 is 0 Å². The van der Waals surface area contributed by atoms with Crippen molar-refractivity contribution in [2.75, 3.05) is 37.5 Å². The number of sulfonamides is 1. The number of amides is 1. The number of hydrogen-bond acceptors (Lipinski definition) is 11. The zero-order valence-corrected chi connectivity index (χ0v) is 27.8. The van der Waals surface area contributed by atoms with Crippen LogP contribution in [0.5, 0.6) is 23.1 Å². The number of rotatable bonds is 12. The van der Waals surface area contributed by atoms with Crippen LogP contribution in [0.15, 0.2) is 78.0 Å². The van der Waals surface area contributed by atoms with E-state index in [9.17, 15) is 18.0 Å². The molecule has 1 heterocycles. The van der Waals surface area contributed by atoms with Crippen LogP contribution in [0.3, 0.4) is 0 Å². The van der Waals surface area contributed by atoms with Crippen molar-refractivity contribution in [1.82, 2.24) is 9.97 Å². The quantitative estimate of drug-likeness (QED) is 0.125. The van der Waals surface area contributed by atoms with Gasteiger partial charge in [-0.25, -0.2) is 23.0 Å². The summed E-state index contributed by atoms with van der Waals surface area (Å²) < 4.78 is 56.2. The molecule has 0 saturated carbocycles. The van der Waals surface area contributed by atoms with Crippen LogP contribution in [0.1, 0.15) is 36.7 Å². The molecule has 0 saturated heterocycles. The van der Waals surface area contributed by atoms with Crippen LogP contribution in [-0.2, 0) is 24.9 Å². The lowest BCUT2D eigenvalue weighted by atomic mass is 9.87. The van der Waals surface area contributed by atoms with Crippen molar-refractivity contribution in [1.29, 1.82) is 0 Å². The van der Waals surface area contributed by atoms with Crippen LogP contribution in [0.2, 0.25) is 5.02 Å². The smallest absolute Gasteiger partial charge is 0.411 e. The van der Waals surface area contributed by atoms with Crippen LogP contribution < -0.4 is 24.2 Å². The van der Waals surface area contributed by atoms with Gasteiger partial charge >= 0.3 is 12.1 Å². The third-order valence-electron chi connectivity index (χ3n) is 6.51. The van der Waals surface area contributed by atoms with Crippen molar-refractivity contribution in [2.45, 2.75) is 31.1 Å².